The fourth-order valence-electron chi connectivity index (χ4n) is 2.59. The van der Waals surface area contributed by atoms with Crippen molar-refractivity contribution in [1.29, 1.82) is 0 Å². The fraction of sp³-hybridized carbons (Fsp3) is 0.143. The summed E-state index contributed by atoms with van der Waals surface area (Å²) in [6.07, 6.45) is 4.20. The lowest BCUT2D eigenvalue weighted by Gasteiger charge is -2.10. The van der Waals surface area contributed by atoms with E-state index in [0.29, 0.717) is 17.8 Å². The van der Waals surface area contributed by atoms with Gasteiger partial charge in [0, 0.05) is 30.2 Å². The van der Waals surface area contributed by atoms with Gasteiger partial charge >= 0.3 is 0 Å². The molecule has 0 aliphatic heterocycles. The number of pyridine rings is 1. The van der Waals surface area contributed by atoms with Gasteiger partial charge in [-0.2, -0.15) is 0 Å². The first-order valence-corrected chi connectivity index (χ1v) is 10.3. The van der Waals surface area contributed by atoms with Crippen LogP contribution in [0, 0.1) is 0 Å². The number of hydrogen-bond donors (Lipinski definition) is 2. The molecular formula is C21H21N3O3S. The Morgan fingerprint density at radius 2 is 1.54 bits per heavy atom. The van der Waals surface area contributed by atoms with Crippen LogP contribution >= 0.6 is 0 Å². The fourth-order valence-corrected chi connectivity index (χ4v) is 3.65. The Morgan fingerprint density at radius 1 is 0.893 bits per heavy atom. The van der Waals surface area contributed by atoms with Crippen LogP contribution in [0.2, 0.25) is 0 Å². The van der Waals surface area contributed by atoms with Crippen LogP contribution in [0.15, 0.2) is 78.0 Å². The van der Waals surface area contributed by atoms with E-state index in [0.717, 1.165) is 17.5 Å². The maximum Gasteiger partial charge on any atom is 0.261 e. The second-order valence-corrected chi connectivity index (χ2v) is 7.90. The molecule has 0 bridgehead atoms. The van der Waals surface area contributed by atoms with E-state index >= 15 is 0 Å². The average molecular weight is 395 g/mol. The lowest BCUT2D eigenvalue weighted by atomic mass is 10.2. The van der Waals surface area contributed by atoms with Crippen molar-refractivity contribution in [2.24, 2.45) is 0 Å². The molecule has 6 nitrogen and oxygen atoms in total. The molecule has 1 amide bonds. The molecule has 0 unspecified atom stereocenters. The quantitative estimate of drug-likeness (QED) is 0.642. The standard InChI is InChI=1S/C21H21N3O3S/c1-2-16-3-7-19(8-4-16)24-28(26,27)20-9-5-18(6-10-20)21(25)23-15-17-11-13-22-14-12-17/h3-14,24H,2,15H2,1H3,(H,23,25). The number of sulfonamides is 1. The van der Waals surface area contributed by atoms with E-state index in [4.69, 9.17) is 0 Å². The van der Waals surface area contributed by atoms with Gasteiger partial charge in [-0.15, -0.1) is 0 Å². The number of nitrogens with zero attached hydrogens (tertiary/aromatic N) is 1. The van der Waals surface area contributed by atoms with Crippen LogP contribution in [0.5, 0.6) is 0 Å². The Bertz CT molecular complexity index is 1030. The first-order chi connectivity index (χ1) is 13.5. The van der Waals surface area contributed by atoms with E-state index in [1.807, 2.05) is 31.2 Å². The molecule has 0 saturated heterocycles. The molecule has 3 aromatic rings. The van der Waals surface area contributed by atoms with Crippen molar-refractivity contribution in [2.75, 3.05) is 4.72 Å². The number of amides is 1. The number of anilines is 1. The molecule has 2 aromatic carbocycles. The van der Waals surface area contributed by atoms with E-state index in [-0.39, 0.29) is 10.8 Å². The number of aryl methyl sites for hydroxylation is 1. The molecule has 1 aromatic heterocycles. The van der Waals surface area contributed by atoms with Gasteiger partial charge < -0.3 is 5.32 Å². The Kier molecular flexibility index (Phi) is 6.06. The maximum atomic E-state index is 12.5. The van der Waals surface area contributed by atoms with E-state index in [2.05, 4.69) is 15.0 Å². The van der Waals surface area contributed by atoms with Crippen molar-refractivity contribution >= 4 is 21.6 Å². The van der Waals surface area contributed by atoms with Crippen LogP contribution in [-0.2, 0) is 23.0 Å². The second-order valence-electron chi connectivity index (χ2n) is 6.22. The van der Waals surface area contributed by atoms with Gasteiger partial charge in [-0.05, 0) is 66.1 Å². The number of carbonyl (C=O) groups excluding carboxylic acids is 1. The van der Waals surface area contributed by atoms with Gasteiger partial charge in [0.2, 0.25) is 0 Å². The largest absolute Gasteiger partial charge is 0.348 e. The molecule has 0 radical (unpaired) electrons. The number of aromatic nitrogens is 1. The minimum atomic E-state index is -3.72. The van der Waals surface area contributed by atoms with Crippen LogP contribution in [0.4, 0.5) is 5.69 Å². The number of carbonyl (C=O) groups is 1. The average Bonchev–Trinajstić information content (AvgIpc) is 2.73. The molecule has 0 saturated carbocycles. The van der Waals surface area contributed by atoms with Crippen LogP contribution in [0.3, 0.4) is 0 Å². The van der Waals surface area contributed by atoms with E-state index in [9.17, 15) is 13.2 Å². The number of rotatable bonds is 7. The summed E-state index contributed by atoms with van der Waals surface area (Å²) in [5, 5.41) is 2.79. The van der Waals surface area contributed by atoms with Crippen LogP contribution < -0.4 is 10.0 Å². The molecule has 0 aliphatic carbocycles. The highest BCUT2D eigenvalue weighted by Crippen LogP contribution is 2.17. The van der Waals surface area contributed by atoms with Gasteiger partial charge in [-0.1, -0.05) is 19.1 Å². The van der Waals surface area contributed by atoms with Gasteiger partial charge in [0.1, 0.15) is 0 Å². The van der Waals surface area contributed by atoms with Crippen molar-refractivity contribution < 1.29 is 13.2 Å². The van der Waals surface area contributed by atoms with E-state index in [1.54, 1.807) is 24.5 Å². The molecule has 0 spiro atoms. The third-order valence-electron chi connectivity index (χ3n) is 4.24. The van der Waals surface area contributed by atoms with Crippen LogP contribution in [0.1, 0.15) is 28.4 Å². The van der Waals surface area contributed by atoms with Crippen molar-refractivity contribution in [3.63, 3.8) is 0 Å². The highest BCUT2D eigenvalue weighted by Gasteiger charge is 2.15. The van der Waals surface area contributed by atoms with Crippen molar-refractivity contribution in [3.05, 3.63) is 89.7 Å². The number of hydrogen-bond acceptors (Lipinski definition) is 4. The van der Waals surface area contributed by atoms with Gasteiger partial charge in [-0.3, -0.25) is 14.5 Å². The summed E-state index contributed by atoms with van der Waals surface area (Å²) in [4.78, 5) is 16.3. The first-order valence-electron chi connectivity index (χ1n) is 8.87. The predicted molar refractivity (Wildman–Crippen MR) is 108 cm³/mol. The normalized spacial score (nSPS) is 11.0. The highest BCUT2D eigenvalue weighted by atomic mass is 32.2. The van der Waals surface area contributed by atoms with Gasteiger partial charge in [-0.25, -0.2) is 8.42 Å². The van der Waals surface area contributed by atoms with Crippen molar-refractivity contribution in [2.45, 2.75) is 24.8 Å². The molecule has 1 heterocycles. The SMILES string of the molecule is CCc1ccc(NS(=O)(=O)c2ccc(C(=O)NCc3ccncc3)cc2)cc1. The van der Waals surface area contributed by atoms with E-state index in [1.165, 1.54) is 24.3 Å². The van der Waals surface area contributed by atoms with Gasteiger partial charge in [0.25, 0.3) is 15.9 Å². The predicted octanol–water partition coefficient (Wildman–Crippen LogP) is 3.37. The third kappa shape index (κ3) is 4.95. The summed E-state index contributed by atoms with van der Waals surface area (Å²) >= 11 is 0. The molecule has 7 heteroatoms. The molecule has 28 heavy (non-hydrogen) atoms. The molecule has 0 fully saturated rings. The summed E-state index contributed by atoms with van der Waals surface area (Å²) in [6.45, 7) is 2.41. The zero-order chi connectivity index (χ0) is 20.0. The van der Waals surface area contributed by atoms with Crippen molar-refractivity contribution in [3.8, 4) is 0 Å². The van der Waals surface area contributed by atoms with Crippen LogP contribution in [-0.4, -0.2) is 19.3 Å². The molecular weight excluding hydrogens is 374 g/mol. The molecule has 3 rings (SSSR count). The lowest BCUT2D eigenvalue weighted by Crippen LogP contribution is -2.23. The smallest absolute Gasteiger partial charge is 0.261 e. The van der Waals surface area contributed by atoms with E-state index < -0.39 is 10.0 Å². The van der Waals surface area contributed by atoms with Gasteiger partial charge in [0.15, 0.2) is 0 Å². The summed E-state index contributed by atoms with van der Waals surface area (Å²) in [5.41, 5.74) is 2.95. The Balaban J connectivity index is 1.65. The number of nitrogens with one attached hydrogen (secondary N) is 2. The molecule has 2 N–H and O–H groups in total. The Labute approximate surface area is 164 Å². The Morgan fingerprint density at radius 3 is 2.14 bits per heavy atom. The monoisotopic (exact) mass is 395 g/mol. The molecule has 0 aliphatic rings. The zero-order valence-corrected chi connectivity index (χ0v) is 16.2. The third-order valence-corrected chi connectivity index (χ3v) is 5.64. The summed E-state index contributed by atoms with van der Waals surface area (Å²) < 4.78 is 27.6. The highest BCUT2D eigenvalue weighted by molar-refractivity contribution is 7.92. The van der Waals surface area contributed by atoms with Crippen LogP contribution in [0.25, 0.3) is 0 Å². The zero-order valence-electron chi connectivity index (χ0n) is 15.4. The minimum absolute atomic E-state index is 0.0951. The van der Waals surface area contributed by atoms with Gasteiger partial charge in [0.05, 0.1) is 4.90 Å². The lowest BCUT2D eigenvalue weighted by molar-refractivity contribution is 0.0951. The summed E-state index contributed by atoms with van der Waals surface area (Å²) in [7, 11) is -3.72. The first kappa shape index (κ1) is 19.6. The maximum absolute atomic E-state index is 12.5. The topological polar surface area (TPSA) is 88.2 Å². The van der Waals surface area contributed by atoms with Crippen molar-refractivity contribution in [1.82, 2.24) is 10.3 Å². The summed E-state index contributed by atoms with van der Waals surface area (Å²) in [6, 6.07) is 16.7. The molecule has 144 valence electrons. The summed E-state index contributed by atoms with van der Waals surface area (Å²) in [5.74, 6) is -0.274. The minimum Gasteiger partial charge on any atom is -0.348 e. The second kappa shape index (κ2) is 8.67. The Hall–Kier alpha value is -3.19. The number of benzene rings is 2. The molecule has 0 atom stereocenters.